The molecule has 0 spiro atoms. The molecule has 0 fully saturated rings. The molecule has 2 amide bonds. The van der Waals surface area contributed by atoms with E-state index in [-0.39, 0.29) is 5.69 Å². The molecule has 0 atom stereocenters. The van der Waals surface area contributed by atoms with Crippen molar-refractivity contribution in [3.63, 3.8) is 0 Å². The summed E-state index contributed by atoms with van der Waals surface area (Å²) >= 11 is 0. The molecule has 0 aliphatic carbocycles. The molecule has 0 unspecified atom stereocenters. The Bertz CT molecular complexity index is 367. The summed E-state index contributed by atoms with van der Waals surface area (Å²) in [4.78, 5) is 21.2. The van der Waals surface area contributed by atoms with Crippen LogP contribution in [0.5, 0.6) is 5.75 Å². The number of nitrogens with zero attached hydrogens (tertiary/aromatic N) is 2. The summed E-state index contributed by atoms with van der Waals surface area (Å²) in [7, 11) is 0. The minimum atomic E-state index is -0.932. The Balaban J connectivity index is 2.97. The summed E-state index contributed by atoms with van der Waals surface area (Å²) in [6.45, 7) is 2.32. The van der Waals surface area contributed by atoms with E-state index in [0.29, 0.717) is 17.4 Å². The number of amides is 2. The highest BCUT2D eigenvalue weighted by atomic mass is 16.5. The minimum absolute atomic E-state index is 0.281. The summed E-state index contributed by atoms with van der Waals surface area (Å²) < 4.78 is 5.20. The monoisotopic (exact) mass is 209 g/mol. The highest BCUT2D eigenvalue weighted by molar-refractivity contribution is 5.89. The molecule has 0 heterocycles. The Labute approximate surface area is 86.6 Å². The van der Waals surface area contributed by atoms with Gasteiger partial charge in [0.05, 0.1) is 17.6 Å². The summed E-state index contributed by atoms with van der Waals surface area (Å²) in [6, 6.07) is 5.46. The van der Waals surface area contributed by atoms with Gasteiger partial charge in [0.1, 0.15) is 5.75 Å². The van der Waals surface area contributed by atoms with Crippen LogP contribution >= 0.6 is 0 Å². The predicted molar refractivity (Wildman–Crippen MR) is 55.5 cm³/mol. The lowest BCUT2D eigenvalue weighted by molar-refractivity contribution is 0.254. The quantitative estimate of drug-likeness (QED) is 0.604. The van der Waals surface area contributed by atoms with Crippen LogP contribution in [-0.2, 0) is 0 Å². The van der Waals surface area contributed by atoms with Gasteiger partial charge in [-0.05, 0) is 19.1 Å². The molecule has 1 aromatic rings. The Morgan fingerprint density at radius 1 is 1.60 bits per heavy atom. The summed E-state index contributed by atoms with van der Waals surface area (Å²) in [5.41, 5.74) is 5.24. The van der Waals surface area contributed by atoms with E-state index in [2.05, 4.69) is 5.29 Å². The molecule has 0 saturated heterocycles. The van der Waals surface area contributed by atoms with Gasteiger partial charge in [-0.2, -0.15) is 0 Å². The number of nitroso groups, excluding NO2 is 1. The lowest BCUT2D eigenvalue weighted by Crippen LogP contribution is -2.30. The number of hydrogen-bond donors (Lipinski definition) is 1. The first-order valence-electron chi connectivity index (χ1n) is 4.34. The van der Waals surface area contributed by atoms with Crippen LogP contribution in [0, 0.1) is 4.91 Å². The number of nitrogens with two attached hydrogens (primary N) is 1. The van der Waals surface area contributed by atoms with Crippen LogP contribution in [0.2, 0.25) is 0 Å². The van der Waals surface area contributed by atoms with Crippen LogP contribution in [0.3, 0.4) is 0 Å². The fourth-order valence-electron chi connectivity index (χ4n) is 1.09. The van der Waals surface area contributed by atoms with Crippen molar-refractivity contribution in [2.45, 2.75) is 6.92 Å². The zero-order valence-electron chi connectivity index (χ0n) is 8.21. The molecule has 0 saturated carbocycles. The van der Waals surface area contributed by atoms with E-state index in [9.17, 15) is 9.70 Å². The van der Waals surface area contributed by atoms with Crippen LogP contribution in [-0.4, -0.2) is 12.6 Å². The van der Waals surface area contributed by atoms with Crippen LogP contribution < -0.4 is 15.5 Å². The van der Waals surface area contributed by atoms with Gasteiger partial charge >= 0.3 is 6.03 Å². The van der Waals surface area contributed by atoms with E-state index in [4.69, 9.17) is 10.5 Å². The average molecular weight is 209 g/mol. The number of carbonyl (C=O) groups excluding carboxylic acids is 1. The maximum Gasteiger partial charge on any atom is 0.342 e. The van der Waals surface area contributed by atoms with Gasteiger partial charge in [-0.25, -0.2) is 4.79 Å². The lowest BCUT2D eigenvalue weighted by atomic mass is 10.3. The zero-order chi connectivity index (χ0) is 11.3. The second-order valence-electron chi connectivity index (χ2n) is 2.66. The first kappa shape index (κ1) is 11.0. The second-order valence-corrected chi connectivity index (χ2v) is 2.66. The lowest BCUT2D eigenvalue weighted by Gasteiger charge is -2.11. The second kappa shape index (κ2) is 4.94. The number of primary amides is 1. The number of ether oxygens (including phenoxy) is 1. The van der Waals surface area contributed by atoms with Crippen molar-refractivity contribution in [3.8, 4) is 5.75 Å². The van der Waals surface area contributed by atoms with Gasteiger partial charge in [-0.3, -0.25) is 0 Å². The topological polar surface area (TPSA) is 85.0 Å². The van der Waals surface area contributed by atoms with Crippen molar-refractivity contribution in [2.75, 3.05) is 11.6 Å². The largest absolute Gasteiger partial charge is 0.494 e. The van der Waals surface area contributed by atoms with E-state index in [1.807, 2.05) is 6.92 Å². The Morgan fingerprint density at radius 3 is 2.87 bits per heavy atom. The maximum atomic E-state index is 10.8. The normalized spacial score (nSPS) is 9.40. The third kappa shape index (κ3) is 2.67. The van der Waals surface area contributed by atoms with E-state index < -0.39 is 6.03 Å². The van der Waals surface area contributed by atoms with Crippen molar-refractivity contribution >= 4 is 11.7 Å². The summed E-state index contributed by atoms with van der Waals surface area (Å²) in [5.74, 6) is 0.546. The van der Waals surface area contributed by atoms with Gasteiger partial charge in [0.25, 0.3) is 0 Å². The number of carbonyl (C=O) groups is 1. The Morgan fingerprint density at radius 2 is 2.33 bits per heavy atom. The van der Waals surface area contributed by atoms with Crippen LogP contribution in [0.1, 0.15) is 6.92 Å². The molecule has 1 aromatic carbocycles. The molecule has 2 N–H and O–H groups in total. The summed E-state index contributed by atoms with van der Waals surface area (Å²) in [6.07, 6.45) is 0. The standard InChI is InChI=1S/C9H11N3O3/c1-2-15-8-5-3-4-7(6-8)12(11-14)9(10)13/h3-6H,2H2,1H3,(H2,10,13). The Hall–Kier alpha value is -2.11. The average Bonchev–Trinajstić information content (AvgIpc) is 2.19. The third-order valence-electron chi connectivity index (χ3n) is 1.66. The van der Waals surface area contributed by atoms with Gasteiger partial charge in [0, 0.05) is 6.07 Å². The fraction of sp³-hybridized carbons (Fsp3) is 0.222. The predicted octanol–water partition coefficient (Wildman–Crippen LogP) is 1.65. The molecule has 0 aromatic heterocycles. The van der Waals surface area contributed by atoms with E-state index in [0.717, 1.165) is 0 Å². The van der Waals surface area contributed by atoms with Gasteiger partial charge in [0.15, 0.2) is 0 Å². The number of benzene rings is 1. The number of rotatable bonds is 4. The molecule has 15 heavy (non-hydrogen) atoms. The molecule has 0 bridgehead atoms. The number of hydrogen-bond acceptors (Lipinski definition) is 4. The van der Waals surface area contributed by atoms with Gasteiger partial charge < -0.3 is 10.5 Å². The Kier molecular flexibility index (Phi) is 3.61. The van der Waals surface area contributed by atoms with Crippen LogP contribution in [0.15, 0.2) is 29.6 Å². The molecule has 0 aliphatic heterocycles. The van der Waals surface area contributed by atoms with Crippen molar-refractivity contribution in [1.82, 2.24) is 0 Å². The van der Waals surface area contributed by atoms with Gasteiger partial charge in [-0.15, -0.1) is 9.92 Å². The van der Waals surface area contributed by atoms with Crippen LogP contribution in [0.25, 0.3) is 0 Å². The summed E-state index contributed by atoms with van der Waals surface area (Å²) in [5, 5.41) is 3.07. The molecule has 0 radical (unpaired) electrons. The molecule has 0 aliphatic rings. The molecular formula is C9H11N3O3. The first-order valence-corrected chi connectivity index (χ1v) is 4.34. The maximum absolute atomic E-state index is 10.8. The van der Waals surface area contributed by atoms with Crippen molar-refractivity contribution in [1.29, 1.82) is 0 Å². The molecule has 6 nitrogen and oxygen atoms in total. The smallest absolute Gasteiger partial charge is 0.342 e. The van der Waals surface area contributed by atoms with Crippen molar-refractivity contribution in [3.05, 3.63) is 29.2 Å². The first-order chi connectivity index (χ1) is 7.19. The molecule has 80 valence electrons. The zero-order valence-corrected chi connectivity index (χ0v) is 8.21. The van der Waals surface area contributed by atoms with E-state index in [1.165, 1.54) is 12.1 Å². The van der Waals surface area contributed by atoms with Crippen molar-refractivity contribution in [2.24, 2.45) is 11.0 Å². The molecule has 1 rings (SSSR count). The number of anilines is 1. The SMILES string of the molecule is CCOc1cccc(N(N=O)C(N)=O)c1. The highest BCUT2D eigenvalue weighted by Crippen LogP contribution is 2.21. The van der Waals surface area contributed by atoms with Gasteiger partial charge in [-0.1, -0.05) is 6.07 Å². The van der Waals surface area contributed by atoms with E-state index >= 15 is 0 Å². The molecule has 6 heteroatoms. The van der Waals surface area contributed by atoms with Crippen molar-refractivity contribution < 1.29 is 9.53 Å². The highest BCUT2D eigenvalue weighted by Gasteiger charge is 2.12. The number of urea groups is 1. The fourth-order valence-corrected chi connectivity index (χ4v) is 1.09. The van der Waals surface area contributed by atoms with Crippen LogP contribution in [0.4, 0.5) is 10.5 Å². The third-order valence-corrected chi connectivity index (χ3v) is 1.66. The van der Waals surface area contributed by atoms with Gasteiger partial charge in [0.2, 0.25) is 0 Å². The van der Waals surface area contributed by atoms with E-state index in [1.54, 1.807) is 12.1 Å². The molecular weight excluding hydrogens is 198 g/mol. The minimum Gasteiger partial charge on any atom is -0.494 e.